The molecule has 1 amide bonds. The fourth-order valence-electron chi connectivity index (χ4n) is 1.58. The number of hydrogen-bond acceptors (Lipinski definition) is 4. The van der Waals surface area contributed by atoms with Crippen molar-refractivity contribution in [2.45, 2.75) is 18.8 Å². The standard InChI is InChI=1S/C12H10IN3O2/c13-9-3-1-2-8(6-9)10(17)14-12-16-15-11(18-12)7-4-5-7/h1-3,6-7H,4-5H2,(H,14,16,17). The van der Waals surface area contributed by atoms with E-state index < -0.39 is 0 Å². The van der Waals surface area contributed by atoms with Crippen molar-refractivity contribution in [3.05, 3.63) is 39.3 Å². The lowest BCUT2D eigenvalue weighted by atomic mass is 10.2. The molecule has 1 aromatic carbocycles. The van der Waals surface area contributed by atoms with Gasteiger partial charge in [0.15, 0.2) is 0 Å². The summed E-state index contributed by atoms with van der Waals surface area (Å²) in [5.74, 6) is 0.772. The lowest BCUT2D eigenvalue weighted by Crippen LogP contribution is -2.12. The number of hydrogen-bond donors (Lipinski definition) is 1. The van der Waals surface area contributed by atoms with Crippen LogP contribution in [0, 0.1) is 3.57 Å². The van der Waals surface area contributed by atoms with Gasteiger partial charge in [-0.25, -0.2) is 0 Å². The monoisotopic (exact) mass is 355 g/mol. The zero-order valence-corrected chi connectivity index (χ0v) is 11.5. The van der Waals surface area contributed by atoms with Crippen molar-refractivity contribution in [3.8, 4) is 0 Å². The molecule has 0 unspecified atom stereocenters. The molecule has 0 aliphatic heterocycles. The highest BCUT2D eigenvalue weighted by atomic mass is 127. The van der Waals surface area contributed by atoms with E-state index in [2.05, 4.69) is 38.1 Å². The molecule has 0 spiro atoms. The van der Waals surface area contributed by atoms with E-state index >= 15 is 0 Å². The first-order chi connectivity index (χ1) is 8.72. The van der Waals surface area contributed by atoms with Gasteiger partial charge in [0, 0.05) is 15.1 Å². The second kappa shape index (κ2) is 4.68. The van der Waals surface area contributed by atoms with Crippen LogP contribution in [0.5, 0.6) is 0 Å². The number of rotatable bonds is 3. The summed E-state index contributed by atoms with van der Waals surface area (Å²) in [5.41, 5.74) is 0.577. The number of aromatic nitrogens is 2. The van der Waals surface area contributed by atoms with E-state index in [-0.39, 0.29) is 11.9 Å². The molecule has 0 bridgehead atoms. The molecule has 18 heavy (non-hydrogen) atoms. The van der Waals surface area contributed by atoms with E-state index in [1.807, 2.05) is 12.1 Å². The van der Waals surface area contributed by atoms with Gasteiger partial charge in [-0.05, 0) is 53.6 Å². The molecule has 6 heteroatoms. The van der Waals surface area contributed by atoms with E-state index in [9.17, 15) is 4.79 Å². The van der Waals surface area contributed by atoms with E-state index in [4.69, 9.17) is 4.42 Å². The van der Waals surface area contributed by atoms with Crippen molar-refractivity contribution < 1.29 is 9.21 Å². The smallest absolute Gasteiger partial charge is 0.322 e. The van der Waals surface area contributed by atoms with Crippen LogP contribution in [-0.4, -0.2) is 16.1 Å². The molecule has 92 valence electrons. The van der Waals surface area contributed by atoms with Gasteiger partial charge in [-0.1, -0.05) is 11.2 Å². The van der Waals surface area contributed by atoms with Gasteiger partial charge in [0.25, 0.3) is 5.91 Å². The summed E-state index contributed by atoms with van der Waals surface area (Å²) < 4.78 is 6.38. The van der Waals surface area contributed by atoms with Crippen LogP contribution in [0.25, 0.3) is 0 Å². The predicted octanol–water partition coefficient (Wildman–Crippen LogP) is 2.80. The van der Waals surface area contributed by atoms with Crippen LogP contribution in [-0.2, 0) is 0 Å². The topological polar surface area (TPSA) is 68.0 Å². The first kappa shape index (κ1) is 11.6. The van der Waals surface area contributed by atoms with Gasteiger partial charge >= 0.3 is 6.01 Å². The fourth-order valence-corrected chi connectivity index (χ4v) is 2.12. The Balaban J connectivity index is 1.73. The highest BCUT2D eigenvalue weighted by Gasteiger charge is 2.29. The molecule has 5 nitrogen and oxygen atoms in total. The van der Waals surface area contributed by atoms with Crippen LogP contribution >= 0.6 is 22.6 Å². The first-order valence-corrected chi connectivity index (χ1v) is 6.70. The molecule has 1 aliphatic rings. The third kappa shape index (κ3) is 2.53. The summed E-state index contributed by atoms with van der Waals surface area (Å²) in [5, 5.41) is 10.3. The minimum absolute atomic E-state index is 0.167. The third-order valence-electron chi connectivity index (χ3n) is 2.67. The Labute approximate surface area is 117 Å². The van der Waals surface area contributed by atoms with Gasteiger partial charge in [0.2, 0.25) is 5.89 Å². The zero-order valence-electron chi connectivity index (χ0n) is 9.39. The Morgan fingerprint density at radius 2 is 2.22 bits per heavy atom. The second-order valence-electron chi connectivity index (χ2n) is 4.18. The van der Waals surface area contributed by atoms with Gasteiger partial charge < -0.3 is 4.42 Å². The van der Waals surface area contributed by atoms with E-state index in [0.717, 1.165) is 16.4 Å². The molecule has 1 aliphatic carbocycles. The lowest BCUT2D eigenvalue weighted by molar-refractivity contribution is 0.102. The zero-order chi connectivity index (χ0) is 12.5. The molecule has 1 heterocycles. The maximum Gasteiger partial charge on any atom is 0.322 e. The summed E-state index contributed by atoms with van der Waals surface area (Å²) >= 11 is 2.16. The second-order valence-corrected chi connectivity index (χ2v) is 5.43. The largest absolute Gasteiger partial charge is 0.408 e. The third-order valence-corrected chi connectivity index (χ3v) is 3.35. The van der Waals surface area contributed by atoms with Gasteiger partial charge in [-0.3, -0.25) is 10.1 Å². The van der Waals surface area contributed by atoms with Crippen LogP contribution in [0.4, 0.5) is 6.01 Å². The summed E-state index contributed by atoms with van der Waals surface area (Å²) in [4.78, 5) is 11.9. The Hall–Kier alpha value is -1.44. The van der Waals surface area contributed by atoms with Crippen molar-refractivity contribution >= 4 is 34.5 Å². The molecular formula is C12H10IN3O2. The van der Waals surface area contributed by atoms with E-state index in [1.54, 1.807) is 12.1 Å². The molecule has 1 N–H and O–H groups in total. The number of benzene rings is 1. The Bertz CT molecular complexity index is 593. The summed E-state index contributed by atoms with van der Waals surface area (Å²) in [6, 6.07) is 7.47. The van der Waals surface area contributed by atoms with Crippen molar-refractivity contribution in [3.63, 3.8) is 0 Å². The summed E-state index contributed by atoms with van der Waals surface area (Å²) in [7, 11) is 0. The normalized spacial score (nSPS) is 14.5. The molecular weight excluding hydrogens is 345 g/mol. The van der Waals surface area contributed by atoms with Crippen LogP contribution in [0.1, 0.15) is 35.0 Å². The SMILES string of the molecule is O=C(Nc1nnc(C2CC2)o1)c1cccc(I)c1. The van der Waals surface area contributed by atoms with Gasteiger partial charge in [-0.15, -0.1) is 5.10 Å². The van der Waals surface area contributed by atoms with Crippen molar-refractivity contribution in [2.75, 3.05) is 5.32 Å². The minimum atomic E-state index is -0.237. The fraction of sp³-hybridized carbons (Fsp3) is 0.250. The van der Waals surface area contributed by atoms with E-state index in [0.29, 0.717) is 17.4 Å². The maximum absolute atomic E-state index is 11.9. The van der Waals surface area contributed by atoms with Crippen LogP contribution in [0.3, 0.4) is 0 Å². The maximum atomic E-state index is 11.9. The number of nitrogens with one attached hydrogen (secondary N) is 1. The van der Waals surface area contributed by atoms with Crippen molar-refractivity contribution in [1.82, 2.24) is 10.2 Å². The highest BCUT2D eigenvalue weighted by Crippen LogP contribution is 2.39. The number of anilines is 1. The summed E-state index contributed by atoms with van der Waals surface area (Å²) in [6.07, 6.45) is 2.18. The highest BCUT2D eigenvalue weighted by molar-refractivity contribution is 14.1. The number of amides is 1. The number of carbonyl (C=O) groups excluding carboxylic acids is 1. The van der Waals surface area contributed by atoms with Gasteiger partial charge in [0.1, 0.15) is 0 Å². The lowest BCUT2D eigenvalue weighted by Gasteiger charge is -2.00. The molecule has 1 fully saturated rings. The van der Waals surface area contributed by atoms with Crippen LogP contribution < -0.4 is 5.32 Å². The number of halogens is 1. The molecule has 0 radical (unpaired) electrons. The molecule has 1 saturated carbocycles. The minimum Gasteiger partial charge on any atom is -0.408 e. The quantitative estimate of drug-likeness (QED) is 0.860. The number of nitrogens with zero attached hydrogens (tertiary/aromatic N) is 2. The molecule has 3 rings (SSSR count). The Morgan fingerprint density at radius 3 is 2.94 bits per heavy atom. The predicted molar refractivity (Wildman–Crippen MR) is 73.4 cm³/mol. The molecule has 2 aromatic rings. The van der Waals surface area contributed by atoms with Gasteiger partial charge in [-0.2, -0.15) is 0 Å². The molecule has 1 aromatic heterocycles. The van der Waals surface area contributed by atoms with E-state index in [1.165, 1.54) is 0 Å². The first-order valence-electron chi connectivity index (χ1n) is 5.63. The van der Waals surface area contributed by atoms with Crippen LogP contribution in [0.2, 0.25) is 0 Å². The average Bonchev–Trinajstić information content (AvgIpc) is 3.11. The molecule has 0 saturated heterocycles. The Morgan fingerprint density at radius 1 is 1.39 bits per heavy atom. The Kier molecular flexibility index (Phi) is 3.02. The van der Waals surface area contributed by atoms with Crippen LogP contribution in [0.15, 0.2) is 28.7 Å². The van der Waals surface area contributed by atoms with Crippen molar-refractivity contribution in [2.24, 2.45) is 0 Å². The van der Waals surface area contributed by atoms with Crippen molar-refractivity contribution in [1.29, 1.82) is 0 Å². The average molecular weight is 355 g/mol. The summed E-state index contributed by atoms with van der Waals surface area (Å²) in [6.45, 7) is 0. The number of carbonyl (C=O) groups is 1. The van der Waals surface area contributed by atoms with Gasteiger partial charge in [0.05, 0.1) is 0 Å². The molecule has 0 atom stereocenters.